The smallest absolute Gasteiger partial charge is 0.242 e. The SMILES string of the molecule is CCCNC(=O)C(CC)N(Cc1cccc(C)c1)C(=O)CSc1ccc(Cl)cc1. The normalized spacial score (nSPS) is 11.7. The third-order valence-electron chi connectivity index (χ3n) is 4.55. The molecule has 0 aliphatic rings. The van der Waals surface area contributed by atoms with E-state index in [1.54, 1.807) is 4.90 Å². The van der Waals surface area contributed by atoms with Crippen molar-refractivity contribution in [2.45, 2.75) is 51.1 Å². The summed E-state index contributed by atoms with van der Waals surface area (Å²) in [5, 5.41) is 3.61. The number of thioether (sulfide) groups is 1. The van der Waals surface area contributed by atoms with Crippen LogP contribution in [-0.2, 0) is 16.1 Å². The third-order valence-corrected chi connectivity index (χ3v) is 5.80. The molecule has 0 aromatic heterocycles. The molecule has 4 nitrogen and oxygen atoms in total. The predicted octanol–water partition coefficient (Wildman–Crippen LogP) is 5.07. The van der Waals surface area contributed by atoms with Crippen LogP contribution < -0.4 is 5.32 Å². The molecular formula is C23H29ClN2O2S. The average molecular weight is 433 g/mol. The Kier molecular flexibility index (Phi) is 9.55. The first-order chi connectivity index (χ1) is 13.9. The van der Waals surface area contributed by atoms with Gasteiger partial charge in [0.1, 0.15) is 6.04 Å². The number of halogens is 1. The number of nitrogens with zero attached hydrogens (tertiary/aromatic N) is 1. The fourth-order valence-electron chi connectivity index (χ4n) is 3.05. The third kappa shape index (κ3) is 7.41. The van der Waals surface area contributed by atoms with Gasteiger partial charge in [0.05, 0.1) is 5.75 Å². The van der Waals surface area contributed by atoms with E-state index in [1.807, 2.05) is 63.2 Å². The van der Waals surface area contributed by atoms with Crippen LogP contribution in [0.3, 0.4) is 0 Å². The summed E-state index contributed by atoms with van der Waals surface area (Å²) in [6, 6.07) is 15.0. The Morgan fingerprint density at radius 1 is 1.14 bits per heavy atom. The van der Waals surface area contributed by atoms with Gasteiger partial charge in [-0.05, 0) is 49.6 Å². The number of carbonyl (C=O) groups is 2. The molecule has 0 saturated carbocycles. The van der Waals surface area contributed by atoms with Gasteiger partial charge in [0.2, 0.25) is 11.8 Å². The van der Waals surface area contributed by atoms with Crippen molar-refractivity contribution in [1.29, 1.82) is 0 Å². The molecular weight excluding hydrogens is 404 g/mol. The Bertz CT molecular complexity index is 811. The van der Waals surface area contributed by atoms with Crippen molar-refractivity contribution in [2.75, 3.05) is 12.3 Å². The molecule has 2 aromatic carbocycles. The van der Waals surface area contributed by atoms with Gasteiger partial charge in [0.15, 0.2) is 0 Å². The fraction of sp³-hybridized carbons (Fsp3) is 0.391. The van der Waals surface area contributed by atoms with E-state index in [-0.39, 0.29) is 17.6 Å². The van der Waals surface area contributed by atoms with Crippen LogP contribution in [0.15, 0.2) is 53.4 Å². The second-order valence-corrected chi connectivity index (χ2v) is 8.45. The molecule has 2 aromatic rings. The first kappa shape index (κ1) is 23.3. The molecule has 0 heterocycles. The summed E-state index contributed by atoms with van der Waals surface area (Å²) in [7, 11) is 0. The molecule has 29 heavy (non-hydrogen) atoms. The minimum atomic E-state index is -0.486. The molecule has 0 fully saturated rings. The molecule has 0 saturated heterocycles. The number of amides is 2. The second kappa shape index (κ2) is 11.9. The molecule has 0 radical (unpaired) electrons. The van der Waals surface area contributed by atoms with Gasteiger partial charge in [-0.2, -0.15) is 0 Å². The Balaban J connectivity index is 2.17. The number of aryl methyl sites for hydroxylation is 1. The van der Waals surface area contributed by atoms with Crippen LogP contribution >= 0.6 is 23.4 Å². The minimum Gasteiger partial charge on any atom is -0.354 e. The monoisotopic (exact) mass is 432 g/mol. The number of nitrogens with one attached hydrogen (secondary N) is 1. The van der Waals surface area contributed by atoms with Gasteiger partial charge >= 0.3 is 0 Å². The van der Waals surface area contributed by atoms with Gasteiger partial charge in [-0.1, -0.05) is 55.3 Å². The van der Waals surface area contributed by atoms with Gasteiger partial charge in [0, 0.05) is 23.0 Å². The summed E-state index contributed by atoms with van der Waals surface area (Å²) >= 11 is 7.39. The summed E-state index contributed by atoms with van der Waals surface area (Å²) in [5.41, 5.74) is 2.16. The fourth-order valence-corrected chi connectivity index (χ4v) is 3.96. The number of carbonyl (C=O) groups excluding carboxylic acids is 2. The highest BCUT2D eigenvalue weighted by Crippen LogP contribution is 2.22. The zero-order valence-corrected chi connectivity index (χ0v) is 18.9. The first-order valence-electron chi connectivity index (χ1n) is 9.95. The molecule has 156 valence electrons. The highest BCUT2D eigenvalue weighted by atomic mass is 35.5. The highest BCUT2D eigenvalue weighted by Gasteiger charge is 2.28. The molecule has 0 aliphatic heterocycles. The Morgan fingerprint density at radius 3 is 2.48 bits per heavy atom. The number of hydrogen-bond donors (Lipinski definition) is 1. The van der Waals surface area contributed by atoms with Crippen molar-refractivity contribution in [1.82, 2.24) is 10.2 Å². The van der Waals surface area contributed by atoms with Crippen LogP contribution in [0.2, 0.25) is 5.02 Å². The lowest BCUT2D eigenvalue weighted by atomic mass is 10.1. The van der Waals surface area contributed by atoms with Crippen molar-refractivity contribution >= 4 is 35.2 Å². The van der Waals surface area contributed by atoms with E-state index < -0.39 is 6.04 Å². The van der Waals surface area contributed by atoms with Crippen LogP contribution in [0.5, 0.6) is 0 Å². The van der Waals surface area contributed by atoms with Gasteiger partial charge in [-0.25, -0.2) is 0 Å². The highest BCUT2D eigenvalue weighted by molar-refractivity contribution is 8.00. The van der Waals surface area contributed by atoms with Crippen molar-refractivity contribution in [3.8, 4) is 0 Å². The van der Waals surface area contributed by atoms with Gasteiger partial charge in [-0.3, -0.25) is 9.59 Å². The van der Waals surface area contributed by atoms with Crippen LogP contribution in [0.1, 0.15) is 37.8 Å². The van der Waals surface area contributed by atoms with Crippen molar-refractivity contribution in [3.05, 3.63) is 64.7 Å². The summed E-state index contributed by atoms with van der Waals surface area (Å²) in [4.78, 5) is 28.6. The molecule has 2 rings (SSSR count). The summed E-state index contributed by atoms with van der Waals surface area (Å²) in [6.45, 7) is 7.01. The number of rotatable bonds is 10. The quantitative estimate of drug-likeness (QED) is 0.533. The lowest BCUT2D eigenvalue weighted by molar-refractivity contribution is -0.139. The van der Waals surface area contributed by atoms with E-state index in [4.69, 9.17) is 11.6 Å². The van der Waals surface area contributed by atoms with Crippen molar-refractivity contribution in [3.63, 3.8) is 0 Å². The Hall–Kier alpha value is -1.98. The molecule has 0 bridgehead atoms. The lowest BCUT2D eigenvalue weighted by Gasteiger charge is -2.30. The summed E-state index contributed by atoms with van der Waals surface area (Å²) in [6.07, 6.45) is 1.43. The molecule has 0 aliphatic carbocycles. The van der Waals surface area contributed by atoms with Crippen LogP contribution in [0, 0.1) is 6.92 Å². The maximum absolute atomic E-state index is 13.2. The van der Waals surface area contributed by atoms with E-state index in [0.29, 0.717) is 24.5 Å². The summed E-state index contributed by atoms with van der Waals surface area (Å²) < 4.78 is 0. The molecule has 6 heteroatoms. The van der Waals surface area contributed by atoms with E-state index in [2.05, 4.69) is 11.4 Å². The standard InChI is InChI=1S/C23H29ClN2O2S/c1-4-13-25-23(28)21(5-2)26(15-18-8-6-7-17(3)14-18)22(27)16-29-20-11-9-19(24)10-12-20/h6-12,14,21H,4-5,13,15-16H2,1-3H3,(H,25,28). The Labute approximate surface area is 183 Å². The van der Waals surface area contributed by atoms with E-state index in [9.17, 15) is 9.59 Å². The zero-order valence-electron chi connectivity index (χ0n) is 17.3. The minimum absolute atomic E-state index is 0.0510. The van der Waals surface area contributed by atoms with Crippen LogP contribution in [0.4, 0.5) is 0 Å². The molecule has 1 atom stereocenters. The molecule has 1 unspecified atom stereocenters. The van der Waals surface area contributed by atoms with E-state index >= 15 is 0 Å². The zero-order chi connectivity index (χ0) is 21.2. The average Bonchev–Trinajstić information content (AvgIpc) is 2.71. The molecule has 1 N–H and O–H groups in total. The Morgan fingerprint density at radius 2 is 1.86 bits per heavy atom. The number of hydrogen-bond acceptors (Lipinski definition) is 3. The largest absolute Gasteiger partial charge is 0.354 e. The lowest BCUT2D eigenvalue weighted by Crippen LogP contribution is -2.49. The molecule has 0 spiro atoms. The van der Waals surface area contributed by atoms with E-state index in [1.165, 1.54) is 11.8 Å². The predicted molar refractivity (Wildman–Crippen MR) is 121 cm³/mol. The van der Waals surface area contributed by atoms with Gasteiger partial charge in [0.25, 0.3) is 0 Å². The number of benzene rings is 2. The summed E-state index contributed by atoms with van der Waals surface area (Å²) in [5.74, 6) is 0.127. The first-order valence-corrected chi connectivity index (χ1v) is 11.3. The van der Waals surface area contributed by atoms with Gasteiger partial charge < -0.3 is 10.2 Å². The van der Waals surface area contributed by atoms with Crippen molar-refractivity contribution < 1.29 is 9.59 Å². The maximum atomic E-state index is 13.2. The topological polar surface area (TPSA) is 49.4 Å². The van der Waals surface area contributed by atoms with Crippen molar-refractivity contribution in [2.24, 2.45) is 0 Å². The molecule has 2 amide bonds. The van der Waals surface area contributed by atoms with Gasteiger partial charge in [-0.15, -0.1) is 11.8 Å². The van der Waals surface area contributed by atoms with E-state index in [0.717, 1.165) is 22.4 Å². The van der Waals surface area contributed by atoms with Crippen LogP contribution in [0.25, 0.3) is 0 Å². The van der Waals surface area contributed by atoms with Crippen LogP contribution in [-0.4, -0.2) is 35.1 Å². The second-order valence-electron chi connectivity index (χ2n) is 6.97. The maximum Gasteiger partial charge on any atom is 0.242 e.